The van der Waals surface area contributed by atoms with E-state index in [1.165, 1.54) is 25.7 Å². The molecule has 0 bridgehead atoms. The van der Waals surface area contributed by atoms with Crippen molar-refractivity contribution in [1.29, 1.82) is 0 Å². The van der Waals surface area contributed by atoms with E-state index in [1.54, 1.807) is 18.2 Å². The van der Waals surface area contributed by atoms with E-state index >= 15 is 0 Å². The van der Waals surface area contributed by atoms with Crippen molar-refractivity contribution < 1.29 is 9.59 Å². The molecule has 25 heavy (non-hydrogen) atoms. The summed E-state index contributed by atoms with van der Waals surface area (Å²) in [6.07, 6.45) is 6.68. The Balaban J connectivity index is 1.60. The van der Waals surface area contributed by atoms with Crippen LogP contribution in [0.25, 0.3) is 0 Å². The molecule has 0 aromatic heterocycles. The van der Waals surface area contributed by atoms with Crippen LogP contribution in [0.15, 0.2) is 18.2 Å². The number of carbonyl (C=O) groups is 2. The monoisotopic (exact) mass is 363 g/mol. The Kier molecular flexibility index (Phi) is 5.97. The second-order valence-corrected chi connectivity index (χ2v) is 7.45. The van der Waals surface area contributed by atoms with E-state index in [-0.39, 0.29) is 17.9 Å². The van der Waals surface area contributed by atoms with Crippen LogP contribution in [0.3, 0.4) is 0 Å². The normalized spacial score (nSPS) is 25.3. The number of nitrogens with one attached hydrogen (secondary N) is 3. The Labute approximate surface area is 153 Å². The van der Waals surface area contributed by atoms with Gasteiger partial charge in [-0.15, -0.1) is 0 Å². The zero-order valence-corrected chi connectivity index (χ0v) is 15.4. The summed E-state index contributed by atoms with van der Waals surface area (Å²) in [6.45, 7) is 2.61. The van der Waals surface area contributed by atoms with Crippen LogP contribution >= 0.6 is 11.6 Å². The van der Waals surface area contributed by atoms with Gasteiger partial charge in [-0.25, -0.2) is 0 Å². The highest BCUT2D eigenvalue weighted by atomic mass is 35.5. The minimum absolute atomic E-state index is 0.0198. The Bertz CT molecular complexity index is 636. The van der Waals surface area contributed by atoms with Gasteiger partial charge in [0, 0.05) is 18.3 Å². The molecular weight excluding hydrogens is 338 g/mol. The van der Waals surface area contributed by atoms with Crippen LogP contribution in [0.4, 0.5) is 5.69 Å². The maximum Gasteiger partial charge on any atom is 0.252 e. The van der Waals surface area contributed by atoms with Gasteiger partial charge in [0.05, 0.1) is 16.6 Å². The van der Waals surface area contributed by atoms with Crippen molar-refractivity contribution in [2.75, 3.05) is 11.9 Å². The summed E-state index contributed by atoms with van der Waals surface area (Å²) < 4.78 is 0. The molecule has 2 fully saturated rings. The molecule has 3 atom stereocenters. The van der Waals surface area contributed by atoms with Gasteiger partial charge in [-0.05, 0) is 49.8 Å². The number of carbonyl (C=O) groups excluding carboxylic acids is 2. The molecule has 2 aliphatic rings. The molecule has 1 aliphatic heterocycles. The highest BCUT2D eigenvalue weighted by molar-refractivity contribution is 6.34. The Hall–Kier alpha value is -1.59. The number of benzene rings is 1. The number of rotatable bonds is 5. The van der Waals surface area contributed by atoms with E-state index in [4.69, 9.17) is 11.6 Å². The van der Waals surface area contributed by atoms with Gasteiger partial charge in [-0.3, -0.25) is 9.59 Å². The van der Waals surface area contributed by atoms with Crippen LogP contribution in [0.1, 0.15) is 55.8 Å². The van der Waals surface area contributed by atoms with Crippen LogP contribution in [-0.2, 0) is 4.79 Å². The van der Waals surface area contributed by atoms with Crippen molar-refractivity contribution in [2.45, 2.75) is 57.5 Å². The lowest BCUT2D eigenvalue weighted by Gasteiger charge is -2.24. The molecule has 2 amide bonds. The van der Waals surface area contributed by atoms with Crippen LogP contribution in [0.5, 0.6) is 0 Å². The third kappa shape index (κ3) is 4.33. The maximum absolute atomic E-state index is 12.5. The summed E-state index contributed by atoms with van der Waals surface area (Å²) in [6, 6.07) is 5.37. The van der Waals surface area contributed by atoms with E-state index in [0.717, 1.165) is 12.8 Å². The first-order chi connectivity index (χ1) is 12.1. The maximum atomic E-state index is 12.5. The lowest BCUT2D eigenvalue weighted by atomic mass is 9.85. The number of amides is 2. The molecule has 1 heterocycles. The summed E-state index contributed by atoms with van der Waals surface area (Å²) in [5, 5.41) is 9.55. The SMILES string of the molecule is CCCNC(=O)c1ccc(NC(=O)C2CC3CCCCC3N2)cc1Cl. The third-order valence-electron chi connectivity index (χ3n) is 5.20. The molecule has 136 valence electrons. The van der Waals surface area contributed by atoms with Gasteiger partial charge >= 0.3 is 0 Å². The highest BCUT2D eigenvalue weighted by Crippen LogP contribution is 2.33. The third-order valence-corrected chi connectivity index (χ3v) is 5.51. The van der Waals surface area contributed by atoms with Crippen molar-refractivity contribution in [3.8, 4) is 0 Å². The summed E-state index contributed by atoms with van der Waals surface area (Å²) in [4.78, 5) is 24.6. The average Bonchev–Trinajstić information content (AvgIpc) is 3.04. The van der Waals surface area contributed by atoms with Crippen LogP contribution in [0, 0.1) is 5.92 Å². The summed E-state index contributed by atoms with van der Waals surface area (Å²) >= 11 is 6.22. The first kappa shape index (κ1) is 18.2. The molecule has 1 aliphatic carbocycles. The largest absolute Gasteiger partial charge is 0.352 e. The summed E-state index contributed by atoms with van der Waals surface area (Å²) in [7, 11) is 0. The van der Waals surface area contributed by atoms with Crippen LogP contribution < -0.4 is 16.0 Å². The molecule has 3 rings (SSSR count). The van der Waals surface area contributed by atoms with Crippen LogP contribution in [-0.4, -0.2) is 30.4 Å². The molecule has 6 heteroatoms. The molecule has 1 saturated heterocycles. The molecule has 0 radical (unpaired) electrons. The van der Waals surface area contributed by atoms with Gasteiger partial charge in [0.15, 0.2) is 0 Å². The fraction of sp³-hybridized carbons (Fsp3) is 0.579. The number of hydrogen-bond acceptors (Lipinski definition) is 3. The van der Waals surface area contributed by atoms with Crippen LogP contribution in [0.2, 0.25) is 5.02 Å². The molecule has 1 saturated carbocycles. The molecule has 5 nitrogen and oxygen atoms in total. The molecular formula is C19H26ClN3O2. The molecule has 0 spiro atoms. The Morgan fingerprint density at radius 2 is 2.08 bits per heavy atom. The lowest BCUT2D eigenvalue weighted by Crippen LogP contribution is -2.39. The van der Waals surface area contributed by atoms with Crippen molar-refractivity contribution >= 4 is 29.1 Å². The number of hydrogen-bond donors (Lipinski definition) is 3. The van der Waals surface area contributed by atoms with Gasteiger partial charge in [-0.2, -0.15) is 0 Å². The summed E-state index contributed by atoms with van der Waals surface area (Å²) in [5.74, 6) is 0.414. The minimum atomic E-state index is -0.189. The number of fused-ring (bicyclic) bond motifs is 1. The topological polar surface area (TPSA) is 70.2 Å². The van der Waals surface area contributed by atoms with Gasteiger partial charge in [-0.1, -0.05) is 31.4 Å². The van der Waals surface area contributed by atoms with E-state index in [0.29, 0.717) is 34.8 Å². The van der Waals surface area contributed by atoms with E-state index in [9.17, 15) is 9.59 Å². The Morgan fingerprint density at radius 1 is 1.28 bits per heavy atom. The average molecular weight is 364 g/mol. The van der Waals surface area contributed by atoms with Crippen molar-refractivity contribution in [2.24, 2.45) is 5.92 Å². The van der Waals surface area contributed by atoms with Crippen molar-refractivity contribution in [3.05, 3.63) is 28.8 Å². The van der Waals surface area contributed by atoms with Gasteiger partial charge in [0.1, 0.15) is 0 Å². The van der Waals surface area contributed by atoms with E-state index in [1.807, 2.05) is 6.92 Å². The highest BCUT2D eigenvalue weighted by Gasteiger charge is 2.38. The Morgan fingerprint density at radius 3 is 2.80 bits per heavy atom. The van der Waals surface area contributed by atoms with Gasteiger partial charge in [0.25, 0.3) is 5.91 Å². The molecule has 3 unspecified atom stereocenters. The first-order valence-electron chi connectivity index (χ1n) is 9.23. The fourth-order valence-corrected chi connectivity index (χ4v) is 4.13. The minimum Gasteiger partial charge on any atom is -0.352 e. The van der Waals surface area contributed by atoms with E-state index < -0.39 is 0 Å². The zero-order valence-electron chi connectivity index (χ0n) is 14.6. The van der Waals surface area contributed by atoms with Crippen molar-refractivity contribution in [3.63, 3.8) is 0 Å². The zero-order chi connectivity index (χ0) is 17.8. The quantitative estimate of drug-likeness (QED) is 0.751. The lowest BCUT2D eigenvalue weighted by molar-refractivity contribution is -0.117. The van der Waals surface area contributed by atoms with E-state index in [2.05, 4.69) is 16.0 Å². The van der Waals surface area contributed by atoms with Crippen molar-refractivity contribution in [1.82, 2.24) is 10.6 Å². The van der Waals surface area contributed by atoms with Gasteiger partial charge in [0.2, 0.25) is 5.91 Å². The fourth-order valence-electron chi connectivity index (χ4n) is 3.86. The predicted octanol–water partition coefficient (Wildman–Crippen LogP) is 3.34. The molecule has 3 N–H and O–H groups in total. The van der Waals surface area contributed by atoms with Gasteiger partial charge < -0.3 is 16.0 Å². The first-order valence-corrected chi connectivity index (χ1v) is 9.61. The number of anilines is 1. The second-order valence-electron chi connectivity index (χ2n) is 7.05. The second kappa shape index (κ2) is 8.19. The molecule has 1 aromatic rings. The predicted molar refractivity (Wildman–Crippen MR) is 100.0 cm³/mol. The molecule has 1 aromatic carbocycles. The summed E-state index contributed by atoms with van der Waals surface area (Å²) in [5.41, 5.74) is 1.05. The smallest absolute Gasteiger partial charge is 0.252 e. The standard InChI is InChI=1S/C19H26ClN3O2/c1-2-9-21-18(24)14-8-7-13(11-15(14)20)22-19(25)17-10-12-5-3-4-6-16(12)23-17/h7-8,11-12,16-17,23H,2-6,9-10H2,1H3,(H,21,24)(H,22,25). The number of halogens is 1.